The van der Waals surface area contributed by atoms with E-state index in [1.54, 1.807) is 0 Å². The summed E-state index contributed by atoms with van der Waals surface area (Å²) in [5.41, 5.74) is 0.438. The fourth-order valence-corrected chi connectivity index (χ4v) is 6.91. The molecule has 9 heteroatoms. The molecule has 0 unspecified atom stereocenters. The molecule has 3 atom stereocenters. The summed E-state index contributed by atoms with van der Waals surface area (Å²) in [6.07, 6.45) is 6.40. The maximum absolute atomic E-state index is 14.1. The van der Waals surface area contributed by atoms with Crippen LogP contribution < -0.4 is 5.32 Å². The fourth-order valence-electron chi connectivity index (χ4n) is 6.91. The molecule has 1 aromatic rings. The highest BCUT2D eigenvalue weighted by atomic mass is 16.6. The molecule has 2 heterocycles. The second-order valence-electron chi connectivity index (χ2n) is 13.7. The molecule has 0 aromatic heterocycles. The molecule has 0 bridgehead atoms. The summed E-state index contributed by atoms with van der Waals surface area (Å²) < 4.78 is 11.1. The summed E-state index contributed by atoms with van der Waals surface area (Å²) in [7, 11) is 0. The number of hydrogen-bond acceptors (Lipinski definition) is 6. The maximum Gasteiger partial charge on any atom is 0.410 e. The van der Waals surface area contributed by atoms with E-state index in [4.69, 9.17) is 9.47 Å². The van der Waals surface area contributed by atoms with Gasteiger partial charge >= 0.3 is 12.2 Å². The Kier molecular flexibility index (Phi) is 11.1. The van der Waals surface area contributed by atoms with Crippen LogP contribution in [0.15, 0.2) is 30.3 Å². The highest BCUT2D eigenvalue weighted by molar-refractivity contribution is 5.86. The normalized spacial score (nSPS) is 23.7. The van der Waals surface area contributed by atoms with Crippen molar-refractivity contribution in [3.05, 3.63) is 35.9 Å². The van der Waals surface area contributed by atoms with Crippen LogP contribution in [-0.4, -0.2) is 89.2 Å². The minimum Gasteiger partial charge on any atom is -0.445 e. The van der Waals surface area contributed by atoms with E-state index >= 15 is 0 Å². The van der Waals surface area contributed by atoms with Crippen molar-refractivity contribution >= 4 is 18.1 Å². The van der Waals surface area contributed by atoms with Gasteiger partial charge in [0.2, 0.25) is 5.91 Å². The molecule has 1 saturated carbocycles. The van der Waals surface area contributed by atoms with Gasteiger partial charge < -0.3 is 24.6 Å². The molecular formula is C33H52N4O5. The van der Waals surface area contributed by atoms with Crippen molar-refractivity contribution in [3.8, 4) is 0 Å². The number of piperazine rings is 1. The molecule has 0 radical (unpaired) electrons. The molecule has 9 nitrogen and oxygen atoms in total. The number of carbonyl (C=O) groups is 3. The summed E-state index contributed by atoms with van der Waals surface area (Å²) in [5, 5.41) is 2.99. The number of nitrogens with one attached hydrogen (secondary N) is 1. The average molecular weight is 585 g/mol. The maximum atomic E-state index is 14.1. The number of likely N-dealkylation sites (tertiary alicyclic amines) is 1. The standard InChI is InChI=1S/C33H52N4O5/c1-24-20-35(22-26-16-18-36(19-17-26)32(40)42-33(3,4)5)21-25(2)37(24)30(38)29(28-14-10-7-11-15-28)34-31(39)41-23-27-12-8-6-9-13-27/h6,8-9,12-13,24-26,28-29H,7,10-11,14-23H2,1-5H3,(H,34,39)/t24-,25-,29+/m0/s1. The number of benzene rings is 1. The quantitative estimate of drug-likeness (QED) is 0.460. The highest BCUT2D eigenvalue weighted by Crippen LogP contribution is 2.30. The highest BCUT2D eigenvalue weighted by Gasteiger charge is 2.41. The van der Waals surface area contributed by atoms with Gasteiger partial charge in [-0.15, -0.1) is 0 Å². The predicted octanol–water partition coefficient (Wildman–Crippen LogP) is 5.43. The lowest BCUT2D eigenvalue weighted by Crippen LogP contribution is -2.64. The Labute approximate surface area is 252 Å². The first-order valence-electron chi connectivity index (χ1n) is 16.0. The number of carbonyl (C=O) groups excluding carboxylic acids is 3. The molecule has 2 aliphatic heterocycles. The number of amides is 3. The smallest absolute Gasteiger partial charge is 0.410 e. The van der Waals surface area contributed by atoms with E-state index in [1.165, 1.54) is 6.42 Å². The van der Waals surface area contributed by atoms with Gasteiger partial charge in [0.05, 0.1) is 0 Å². The van der Waals surface area contributed by atoms with Gasteiger partial charge in [-0.2, -0.15) is 0 Å². The average Bonchev–Trinajstić information content (AvgIpc) is 2.95. The van der Waals surface area contributed by atoms with Gasteiger partial charge in [0.1, 0.15) is 18.2 Å². The van der Waals surface area contributed by atoms with E-state index in [2.05, 4.69) is 24.1 Å². The number of nitrogens with zero attached hydrogens (tertiary/aromatic N) is 3. The van der Waals surface area contributed by atoms with Crippen LogP contribution in [-0.2, 0) is 20.9 Å². The van der Waals surface area contributed by atoms with Crippen LogP contribution in [0, 0.1) is 11.8 Å². The van der Waals surface area contributed by atoms with Crippen molar-refractivity contribution in [2.75, 3.05) is 32.7 Å². The van der Waals surface area contributed by atoms with E-state index in [-0.39, 0.29) is 36.6 Å². The molecule has 42 heavy (non-hydrogen) atoms. The molecule has 0 spiro atoms. The van der Waals surface area contributed by atoms with Crippen molar-refractivity contribution in [2.45, 2.75) is 110 Å². The van der Waals surface area contributed by atoms with E-state index < -0.39 is 17.7 Å². The summed E-state index contributed by atoms with van der Waals surface area (Å²) in [5.74, 6) is 0.661. The van der Waals surface area contributed by atoms with Crippen LogP contribution in [0.5, 0.6) is 0 Å². The second kappa shape index (κ2) is 14.6. The van der Waals surface area contributed by atoms with E-state index in [1.807, 2.05) is 60.9 Å². The van der Waals surface area contributed by atoms with Crippen molar-refractivity contribution < 1.29 is 23.9 Å². The summed E-state index contributed by atoms with van der Waals surface area (Å²) in [4.78, 5) is 45.8. The molecule has 4 rings (SSSR count). The molecule has 3 aliphatic rings. The van der Waals surface area contributed by atoms with Crippen LogP contribution in [0.25, 0.3) is 0 Å². The van der Waals surface area contributed by atoms with Gasteiger partial charge in [0, 0.05) is 44.8 Å². The molecule has 234 valence electrons. The Morgan fingerprint density at radius 1 is 0.929 bits per heavy atom. The Morgan fingerprint density at radius 2 is 1.55 bits per heavy atom. The number of ether oxygens (including phenoxy) is 2. The van der Waals surface area contributed by atoms with Crippen molar-refractivity contribution in [1.29, 1.82) is 0 Å². The fraction of sp³-hybridized carbons (Fsp3) is 0.727. The lowest BCUT2D eigenvalue weighted by molar-refractivity contribution is -0.143. The largest absolute Gasteiger partial charge is 0.445 e. The minimum absolute atomic E-state index is 0.0175. The number of piperidine rings is 1. The van der Waals surface area contributed by atoms with E-state index in [0.717, 1.165) is 76.8 Å². The predicted molar refractivity (Wildman–Crippen MR) is 163 cm³/mol. The van der Waals surface area contributed by atoms with Crippen LogP contribution in [0.4, 0.5) is 9.59 Å². The zero-order valence-electron chi connectivity index (χ0n) is 26.3. The molecule has 1 N–H and O–H groups in total. The molecule has 1 aromatic carbocycles. The number of hydrogen-bond donors (Lipinski definition) is 1. The zero-order chi connectivity index (χ0) is 30.3. The van der Waals surface area contributed by atoms with E-state index in [0.29, 0.717) is 5.92 Å². The monoisotopic (exact) mass is 584 g/mol. The Morgan fingerprint density at radius 3 is 2.14 bits per heavy atom. The summed E-state index contributed by atoms with van der Waals surface area (Å²) in [6.45, 7) is 14.1. The van der Waals surface area contributed by atoms with Gasteiger partial charge in [-0.25, -0.2) is 9.59 Å². The lowest BCUT2D eigenvalue weighted by Gasteiger charge is -2.47. The molecular weight excluding hydrogens is 532 g/mol. The first kappa shape index (κ1) is 32.1. The third-order valence-corrected chi connectivity index (χ3v) is 8.91. The first-order valence-corrected chi connectivity index (χ1v) is 16.0. The third kappa shape index (κ3) is 9.09. The molecule has 3 fully saturated rings. The topological polar surface area (TPSA) is 91.4 Å². The van der Waals surface area contributed by atoms with Gasteiger partial charge in [-0.1, -0.05) is 49.6 Å². The molecule has 2 saturated heterocycles. The van der Waals surface area contributed by atoms with Gasteiger partial charge in [0.25, 0.3) is 0 Å². The molecule has 1 aliphatic carbocycles. The number of alkyl carbamates (subject to hydrolysis) is 1. The van der Waals surface area contributed by atoms with Crippen LogP contribution in [0.3, 0.4) is 0 Å². The van der Waals surface area contributed by atoms with Crippen molar-refractivity contribution in [1.82, 2.24) is 20.0 Å². The van der Waals surface area contributed by atoms with Crippen molar-refractivity contribution in [3.63, 3.8) is 0 Å². The van der Waals surface area contributed by atoms with Gasteiger partial charge in [-0.3, -0.25) is 9.69 Å². The Hall–Kier alpha value is -2.81. The van der Waals surface area contributed by atoms with Gasteiger partial charge in [0.15, 0.2) is 0 Å². The third-order valence-electron chi connectivity index (χ3n) is 8.91. The minimum atomic E-state index is -0.567. The Balaban J connectivity index is 1.31. The number of rotatable bonds is 7. The zero-order valence-corrected chi connectivity index (χ0v) is 26.3. The van der Waals surface area contributed by atoms with Crippen molar-refractivity contribution in [2.24, 2.45) is 11.8 Å². The lowest BCUT2D eigenvalue weighted by atomic mass is 9.83. The second-order valence-corrected chi connectivity index (χ2v) is 13.7. The van der Waals surface area contributed by atoms with Gasteiger partial charge in [-0.05, 0) is 77.7 Å². The van der Waals surface area contributed by atoms with Crippen LogP contribution >= 0.6 is 0 Å². The Bertz CT molecular complexity index is 1020. The SMILES string of the molecule is C[C@H]1CN(CC2CCN(C(=O)OC(C)(C)C)CC2)C[C@H](C)N1C(=O)[C@H](NC(=O)OCc1ccccc1)C1CCCCC1. The summed E-state index contributed by atoms with van der Waals surface area (Å²) >= 11 is 0. The summed E-state index contributed by atoms with van der Waals surface area (Å²) in [6, 6.07) is 9.11. The van der Waals surface area contributed by atoms with Crippen LogP contribution in [0.1, 0.15) is 85.1 Å². The first-order chi connectivity index (χ1) is 20.0. The molecule has 3 amide bonds. The van der Waals surface area contributed by atoms with E-state index in [9.17, 15) is 14.4 Å². The van der Waals surface area contributed by atoms with Crippen LogP contribution in [0.2, 0.25) is 0 Å².